The summed E-state index contributed by atoms with van der Waals surface area (Å²) in [4.78, 5) is 25.9. The van der Waals surface area contributed by atoms with Gasteiger partial charge in [0.05, 0.1) is 0 Å². The lowest BCUT2D eigenvalue weighted by atomic mass is 10.1. The van der Waals surface area contributed by atoms with E-state index in [0.717, 1.165) is 50.1 Å². The first kappa shape index (κ1) is 20.7. The summed E-state index contributed by atoms with van der Waals surface area (Å²) in [6.45, 7) is 1.05. The van der Waals surface area contributed by atoms with Crippen LogP contribution in [0, 0.1) is 0 Å². The number of para-hydroxylation sites is 1. The molecule has 1 N–H and O–H groups in total. The van der Waals surface area contributed by atoms with Crippen molar-refractivity contribution in [3.63, 3.8) is 0 Å². The number of benzene rings is 2. The molecule has 1 amide bonds. The third-order valence-electron chi connectivity index (χ3n) is 4.84. The third kappa shape index (κ3) is 7.14. The summed E-state index contributed by atoms with van der Waals surface area (Å²) in [5.74, 6) is -0.107. The first-order chi connectivity index (χ1) is 14.2. The van der Waals surface area contributed by atoms with Gasteiger partial charge in [0.1, 0.15) is 5.75 Å². The molecule has 1 fully saturated rings. The van der Waals surface area contributed by atoms with Crippen LogP contribution in [0.2, 0.25) is 0 Å². The summed E-state index contributed by atoms with van der Waals surface area (Å²) in [6.07, 6.45) is 5.56. The van der Waals surface area contributed by atoms with Crippen molar-refractivity contribution in [3.05, 3.63) is 54.6 Å². The Hall–Kier alpha value is -3.02. The van der Waals surface area contributed by atoms with Crippen molar-refractivity contribution in [2.24, 2.45) is 0 Å². The Morgan fingerprint density at radius 2 is 1.41 bits per heavy atom. The normalized spacial score (nSPS) is 14.4. The molecule has 6 heteroatoms. The molecule has 1 aliphatic heterocycles. The standard InChI is InChI=1S/C23H28N2O4/c26-22(25-15-7-2-1-3-8-16-25)17-29-23(27)18-28-21-13-11-20(12-14-21)24-19-9-5-4-6-10-19/h4-6,9-14,24H,1-3,7-8,15-18H2. The molecular formula is C23H28N2O4. The second-order valence-electron chi connectivity index (χ2n) is 7.11. The average Bonchev–Trinajstić information content (AvgIpc) is 2.72. The van der Waals surface area contributed by atoms with Gasteiger partial charge in [0.15, 0.2) is 13.2 Å². The fourth-order valence-corrected chi connectivity index (χ4v) is 3.24. The Morgan fingerprint density at radius 3 is 2.10 bits per heavy atom. The highest BCUT2D eigenvalue weighted by Crippen LogP contribution is 2.19. The SMILES string of the molecule is O=C(COc1ccc(Nc2ccccc2)cc1)OCC(=O)N1CCCCCCC1. The number of carbonyl (C=O) groups excluding carboxylic acids is 2. The maximum Gasteiger partial charge on any atom is 0.344 e. The number of likely N-dealkylation sites (tertiary alicyclic amines) is 1. The second-order valence-corrected chi connectivity index (χ2v) is 7.11. The van der Waals surface area contributed by atoms with E-state index in [1.165, 1.54) is 6.42 Å². The van der Waals surface area contributed by atoms with Crippen molar-refractivity contribution in [3.8, 4) is 5.75 Å². The third-order valence-corrected chi connectivity index (χ3v) is 4.84. The van der Waals surface area contributed by atoms with Gasteiger partial charge >= 0.3 is 5.97 Å². The molecule has 0 atom stereocenters. The molecule has 154 valence electrons. The van der Waals surface area contributed by atoms with Crippen molar-refractivity contribution in [1.29, 1.82) is 0 Å². The molecule has 1 heterocycles. The monoisotopic (exact) mass is 396 g/mol. The van der Waals surface area contributed by atoms with Crippen LogP contribution in [0.5, 0.6) is 5.75 Å². The first-order valence-corrected chi connectivity index (χ1v) is 10.2. The van der Waals surface area contributed by atoms with Crippen molar-refractivity contribution in [2.45, 2.75) is 32.1 Å². The van der Waals surface area contributed by atoms with Gasteiger partial charge in [-0.1, -0.05) is 37.5 Å². The van der Waals surface area contributed by atoms with Gasteiger partial charge in [0.25, 0.3) is 5.91 Å². The Labute approximate surface area is 171 Å². The molecule has 0 radical (unpaired) electrons. The highest BCUT2D eigenvalue weighted by atomic mass is 16.6. The molecule has 0 spiro atoms. The minimum atomic E-state index is -0.545. The van der Waals surface area contributed by atoms with E-state index in [0.29, 0.717) is 5.75 Å². The van der Waals surface area contributed by atoms with Gasteiger partial charge in [-0.05, 0) is 49.2 Å². The van der Waals surface area contributed by atoms with E-state index < -0.39 is 5.97 Å². The zero-order valence-corrected chi connectivity index (χ0v) is 16.6. The van der Waals surface area contributed by atoms with E-state index in [-0.39, 0.29) is 19.1 Å². The number of nitrogens with one attached hydrogen (secondary N) is 1. The van der Waals surface area contributed by atoms with Crippen LogP contribution < -0.4 is 10.1 Å². The van der Waals surface area contributed by atoms with Crippen molar-refractivity contribution in [1.82, 2.24) is 4.90 Å². The number of ether oxygens (including phenoxy) is 2. The molecular weight excluding hydrogens is 368 g/mol. The summed E-state index contributed by atoms with van der Waals surface area (Å²) in [6, 6.07) is 17.2. The fourth-order valence-electron chi connectivity index (χ4n) is 3.24. The van der Waals surface area contributed by atoms with Crippen LogP contribution in [-0.2, 0) is 14.3 Å². The molecule has 29 heavy (non-hydrogen) atoms. The van der Waals surface area contributed by atoms with Crippen molar-refractivity contribution < 1.29 is 19.1 Å². The van der Waals surface area contributed by atoms with Gasteiger partial charge < -0.3 is 19.7 Å². The fraction of sp³-hybridized carbons (Fsp3) is 0.391. The van der Waals surface area contributed by atoms with E-state index in [4.69, 9.17) is 9.47 Å². The number of amides is 1. The number of nitrogens with zero attached hydrogens (tertiary/aromatic N) is 1. The lowest BCUT2D eigenvalue weighted by molar-refractivity contribution is -0.153. The van der Waals surface area contributed by atoms with E-state index in [9.17, 15) is 9.59 Å². The topological polar surface area (TPSA) is 67.9 Å². The van der Waals surface area contributed by atoms with Crippen molar-refractivity contribution in [2.75, 3.05) is 31.6 Å². The summed E-state index contributed by atoms with van der Waals surface area (Å²) >= 11 is 0. The largest absolute Gasteiger partial charge is 0.482 e. The summed E-state index contributed by atoms with van der Waals surface area (Å²) in [7, 11) is 0. The number of carbonyl (C=O) groups is 2. The molecule has 1 aliphatic rings. The summed E-state index contributed by atoms with van der Waals surface area (Å²) < 4.78 is 10.5. The van der Waals surface area contributed by atoms with Gasteiger partial charge in [0, 0.05) is 24.5 Å². The second kappa shape index (κ2) is 11.1. The van der Waals surface area contributed by atoms with Gasteiger partial charge in [-0.2, -0.15) is 0 Å². The number of rotatable bonds is 7. The maximum absolute atomic E-state index is 12.2. The van der Waals surface area contributed by atoms with Crippen molar-refractivity contribution >= 4 is 23.3 Å². The Kier molecular flexibility index (Phi) is 7.92. The predicted octanol–water partition coefficient (Wildman–Crippen LogP) is 4.14. The Morgan fingerprint density at radius 1 is 0.793 bits per heavy atom. The zero-order chi connectivity index (χ0) is 20.3. The molecule has 0 saturated carbocycles. The van der Waals surface area contributed by atoms with Gasteiger partial charge in [-0.15, -0.1) is 0 Å². The molecule has 1 saturated heterocycles. The minimum absolute atomic E-state index is 0.128. The minimum Gasteiger partial charge on any atom is -0.482 e. The van der Waals surface area contributed by atoms with Gasteiger partial charge in [0.2, 0.25) is 0 Å². The van der Waals surface area contributed by atoms with Crippen LogP contribution in [0.15, 0.2) is 54.6 Å². The van der Waals surface area contributed by atoms with Crippen LogP contribution in [0.25, 0.3) is 0 Å². The van der Waals surface area contributed by atoms with Crippen LogP contribution in [0.3, 0.4) is 0 Å². The number of hydrogen-bond donors (Lipinski definition) is 1. The molecule has 0 aliphatic carbocycles. The smallest absolute Gasteiger partial charge is 0.344 e. The first-order valence-electron chi connectivity index (χ1n) is 10.2. The molecule has 2 aromatic carbocycles. The summed E-state index contributed by atoms with van der Waals surface area (Å²) in [5.41, 5.74) is 1.92. The molecule has 3 rings (SSSR count). The lowest BCUT2D eigenvalue weighted by Gasteiger charge is -2.24. The molecule has 6 nitrogen and oxygen atoms in total. The van der Waals surface area contributed by atoms with Crippen LogP contribution in [0.1, 0.15) is 32.1 Å². The highest BCUT2D eigenvalue weighted by molar-refractivity contribution is 5.81. The Bertz CT molecular complexity index is 769. The van der Waals surface area contributed by atoms with E-state index >= 15 is 0 Å². The molecule has 0 bridgehead atoms. The van der Waals surface area contributed by atoms with E-state index in [1.807, 2.05) is 42.5 Å². The number of anilines is 2. The highest BCUT2D eigenvalue weighted by Gasteiger charge is 2.16. The average molecular weight is 396 g/mol. The van der Waals surface area contributed by atoms with Crippen LogP contribution >= 0.6 is 0 Å². The van der Waals surface area contributed by atoms with Crippen LogP contribution in [-0.4, -0.2) is 43.1 Å². The number of hydrogen-bond acceptors (Lipinski definition) is 5. The summed E-state index contributed by atoms with van der Waals surface area (Å²) in [5, 5.41) is 3.28. The van der Waals surface area contributed by atoms with E-state index in [2.05, 4.69) is 5.32 Å². The molecule has 2 aromatic rings. The number of esters is 1. The Balaban J connectivity index is 1.38. The maximum atomic E-state index is 12.2. The van der Waals surface area contributed by atoms with Gasteiger partial charge in [-0.25, -0.2) is 4.79 Å². The van der Waals surface area contributed by atoms with Gasteiger partial charge in [-0.3, -0.25) is 4.79 Å². The van der Waals surface area contributed by atoms with Crippen LogP contribution in [0.4, 0.5) is 11.4 Å². The quantitative estimate of drug-likeness (QED) is 0.712. The van der Waals surface area contributed by atoms with E-state index in [1.54, 1.807) is 17.0 Å². The predicted molar refractivity (Wildman–Crippen MR) is 112 cm³/mol. The zero-order valence-electron chi connectivity index (χ0n) is 16.6. The lowest BCUT2D eigenvalue weighted by Crippen LogP contribution is -2.37. The molecule has 0 unspecified atom stereocenters. The molecule has 0 aromatic heterocycles.